The number of amides is 2. The van der Waals surface area contributed by atoms with Gasteiger partial charge >= 0.3 is 0 Å². The van der Waals surface area contributed by atoms with Gasteiger partial charge in [0, 0.05) is 44.4 Å². The maximum Gasteiger partial charge on any atom is 0.244 e. The molecular formula is C23H27N3O3. The van der Waals surface area contributed by atoms with Gasteiger partial charge in [-0.25, -0.2) is 0 Å². The van der Waals surface area contributed by atoms with E-state index in [1.165, 1.54) is 6.08 Å². The maximum absolute atomic E-state index is 12.2. The molecule has 0 radical (unpaired) electrons. The van der Waals surface area contributed by atoms with Crippen molar-refractivity contribution >= 4 is 23.6 Å². The molecule has 2 N–H and O–H groups in total. The Balaban J connectivity index is 1.43. The number of morpholine rings is 1. The molecule has 1 heterocycles. The number of nitrogens with one attached hydrogen (secondary N) is 2. The van der Waals surface area contributed by atoms with E-state index >= 15 is 0 Å². The molecule has 1 saturated heterocycles. The highest BCUT2D eigenvalue weighted by atomic mass is 16.5. The van der Waals surface area contributed by atoms with Crippen molar-refractivity contribution in [2.75, 3.05) is 38.2 Å². The van der Waals surface area contributed by atoms with Crippen LogP contribution in [-0.2, 0) is 20.9 Å². The van der Waals surface area contributed by atoms with Crippen LogP contribution >= 0.6 is 0 Å². The van der Waals surface area contributed by atoms with Gasteiger partial charge in [0.1, 0.15) is 0 Å². The van der Waals surface area contributed by atoms with E-state index < -0.39 is 0 Å². The number of nitrogens with zero attached hydrogens (tertiary/aromatic N) is 1. The van der Waals surface area contributed by atoms with Crippen molar-refractivity contribution in [3.05, 3.63) is 71.8 Å². The summed E-state index contributed by atoms with van der Waals surface area (Å²) in [6.45, 7) is 4.35. The first-order chi connectivity index (χ1) is 14.2. The predicted octanol–water partition coefficient (Wildman–Crippen LogP) is 2.68. The topological polar surface area (TPSA) is 70.7 Å². The fraction of sp³-hybridized carbons (Fsp3) is 0.304. The number of anilines is 1. The van der Waals surface area contributed by atoms with Crippen molar-refractivity contribution in [3.63, 3.8) is 0 Å². The maximum atomic E-state index is 12.2. The fourth-order valence-electron chi connectivity index (χ4n) is 3.05. The van der Waals surface area contributed by atoms with E-state index in [9.17, 15) is 9.59 Å². The lowest BCUT2D eigenvalue weighted by atomic mass is 10.2. The quantitative estimate of drug-likeness (QED) is 0.677. The molecule has 6 nitrogen and oxygen atoms in total. The molecule has 0 unspecified atom stereocenters. The van der Waals surface area contributed by atoms with Crippen molar-refractivity contribution in [2.45, 2.75) is 13.0 Å². The molecular weight excluding hydrogens is 366 g/mol. The van der Waals surface area contributed by atoms with Crippen LogP contribution in [0, 0.1) is 0 Å². The van der Waals surface area contributed by atoms with E-state index in [-0.39, 0.29) is 11.8 Å². The Labute approximate surface area is 171 Å². The number of ether oxygens (including phenoxy) is 1. The second-order valence-electron chi connectivity index (χ2n) is 6.91. The van der Waals surface area contributed by atoms with Crippen LogP contribution in [0.5, 0.6) is 0 Å². The minimum Gasteiger partial charge on any atom is -0.379 e. The summed E-state index contributed by atoms with van der Waals surface area (Å²) in [7, 11) is 0. The second-order valence-corrected chi connectivity index (χ2v) is 6.91. The summed E-state index contributed by atoms with van der Waals surface area (Å²) in [4.78, 5) is 26.4. The molecule has 0 saturated carbocycles. The van der Waals surface area contributed by atoms with E-state index in [2.05, 4.69) is 15.5 Å². The number of benzene rings is 2. The SMILES string of the molecule is O=C(C=Cc1ccccc1)NCc1cccc(NC(=O)CCN2CCOCC2)c1. The molecule has 0 aromatic heterocycles. The van der Waals surface area contributed by atoms with Crippen LogP contribution in [0.4, 0.5) is 5.69 Å². The monoisotopic (exact) mass is 393 g/mol. The molecule has 3 rings (SSSR count). The van der Waals surface area contributed by atoms with E-state index in [0.717, 1.165) is 49.7 Å². The van der Waals surface area contributed by atoms with Gasteiger partial charge < -0.3 is 15.4 Å². The lowest BCUT2D eigenvalue weighted by Crippen LogP contribution is -2.38. The van der Waals surface area contributed by atoms with Crippen molar-refractivity contribution in [3.8, 4) is 0 Å². The van der Waals surface area contributed by atoms with Gasteiger partial charge in [-0.3, -0.25) is 14.5 Å². The highest BCUT2D eigenvalue weighted by molar-refractivity contribution is 5.92. The summed E-state index contributed by atoms with van der Waals surface area (Å²) < 4.78 is 5.32. The lowest BCUT2D eigenvalue weighted by Gasteiger charge is -2.26. The summed E-state index contributed by atoms with van der Waals surface area (Å²) in [5.41, 5.74) is 2.64. The van der Waals surface area contributed by atoms with Gasteiger partial charge in [0.2, 0.25) is 11.8 Å². The van der Waals surface area contributed by atoms with E-state index in [1.807, 2.05) is 54.6 Å². The molecule has 0 bridgehead atoms. The van der Waals surface area contributed by atoms with Gasteiger partial charge in [0.25, 0.3) is 0 Å². The average Bonchev–Trinajstić information content (AvgIpc) is 2.76. The van der Waals surface area contributed by atoms with Gasteiger partial charge in [0.05, 0.1) is 13.2 Å². The summed E-state index contributed by atoms with van der Waals surface area (Å²) in [6, 6.07) is 17.2. The molecule has 1 fully saturated rings. The smallest absolute Gasteiger partial charge is 0.244 e. The number of hydrogen-bond donors (Lipinski definition) is 2. The minimum absolute atomic E-state index is 0.0107. The number of rotatable bonds is 8. The van der Waals surface area contributed by atoms with Crippen LogP contribution in [0.3, 0.4) is 0 Å². The minimum atomic E-state index is -0.159. The predicted molar refractivity (Wildman–Crippen MR) is 114 cm³/mol. The zero-order valence-electron chi connectivity index (χ0n) is 16.5. The van der Waals surface area contributed by atoms with E-state index in [0.29, 0.717) is 13.0 Å². The van der Waals surface area contributed by atoms with Crippen molar-refractivity contribution in [1.82, 2.24) is 10.2 Å². The Morgan fingerprint density at radius 1 is 1.03 bits per heavy atom. The van der Waals surface area contributed by atoms with Crippen molar-refractivity contribution in [1.29, 1.82) is 0 Å². The third-order valence-corrected chi connectivity index (χ3v) is 4.66. The van der Waals surface area contributed by atoms with E-state index in [1.54, 1.807) is 6.08 Å². The van der Waals surface area contributed by atoms with Crippen molar-refractivity contribution in [2.24, 2.45) is 0 Å². The first-order valence-corrected chi connectivity index (χ1v) is 9.89. The molecule has 2 amide bonds. The van der Waals surface area contributed by atoms with Crippen LogP contribution in [0.15, 0.2) is 60.7 Å². The third-order valence-electron chi connectivity index (χ3n) is 4.66. The molecule has 0 aliphatic carbocycles. The Kier molecular flexibility index (Phi) is 7.98. The van der Waals surface area contributed by atoms with Gasteiger partial charge in [-0.2, -0.15) is 0 Å². The highest BCUT2D eigenvalue weighted by Gasteiger charge is 2.12. The summed E-state index contributed by atoms with van der Waals surface area (Å²) in [6.07, 6.45) is 3.75. The van der Waals surface area contributed by atoms with E-state index in [4.69, 9.17) is 4.74 Å². The molecule has 0 spiro atoms. The second kappa shape index (κ2) is 11.1. The average molecular weight is 393 g/mol. The molecule has 2 aromatic carbocycles. The Morgan fingerprint density at radius 3 is 2.62 bits per heavy atom. The number of carbonyl (C=O) groups excluding carboxylic acids is 2. The molecule has 1 aliphatic rings. The first kappa shape index (κ1) is 20.8. The third kappa shape index (κ3) is 7.52. The fourth-order valence-corrected chi connectivity index (χ4v) is 3.05. The zero-order valence-corrected chi connectivity index (χ0v) is 16.5. The molecule has 1 aliphatic heterocycles. The molecule has 6 heteroatoms. The van der Waals surface area contributed by atoms with Crippen LogP contribution in [0.25, 0.3) is 6.08 Å². The molecule has 0 atom stereocenters. The Hall–Kier alpha value is -2.96. The van der Waals surface area contributed by atoms with Crippen LogP contribution in [0.2, 0.25) is 0 Å². The standard InChI is InChI=1S/C23H27N3O3/c27-22(10-9-19-5-2-1-3-6-19)24-18-20-7-4-8-21(17-20)25-23(28)11-12-26-13-15-29-16-14-26/h1-10,17H,11-16,18H2,(H,24,27)(H,25,28). The highest BCUT2D eigenvalue weighted by Crippen LogP contribution is 2.11. The number of hydrogen-bond acceptors (Lipinski definition) is 4. The number of carbonyl (C=O) groups is 2. The Morgan fingerprint density at radius 2 is 1.83 bits per heavy atom. The van der Waals surface area contributed by atoms with Gasteiger partial charge in [-0.05, 0) is 29.3 Å². The molecule has 29 heavy (non-hydrogen) atoms. The molecule has 2 aromatic rings. The summed E-state index contributed by atoms with van der Waals surface area (Å²) >= 11 is 0. The summed E-state index contributed by atoms with van der Waals surface area (Å²) in [5, 5.41) is 5.79. The van der Waals surface area contributed by atoms with Crippen LogP contribution < -0.4 is 10.6 Å². The first-order valence-electron chi connectivity index (χ1n) is 9.89. The van der Waals surface area contributed by atoms with Gasteiger partial charge in [-0.15, -0.1) is 0 Å². The van der Waals surface area contributed by atoms with Crippen LogP contribution in [0.1, 0.15) is 17.5 Å². The lowest BCUT2D eigenvalue weighted by molar-refractivity contribution is -0.117. The van der Waals surface area contributed by atoms with Crippen molar-refractivity contribution < 1.29 is 14.3 Å². The molecule has 152 valence electrons. The summed E-state index contributed by atoms with van der Waals surface area (Å²) in [5.74, 6) is -0.169. The largest absolute Gasteiger partial charge is 0.379 e. The van der Waals surface area contributed by atoms with Crippen LogP contribution in [-0.4, -0.2) is 49.6 Å². The van der Waals surface area contributed by atoms with Gasteiger partial charge in [-0.1, -0.05) is 42.5 Å². The zero-order chi connectivity index (χ0) is 20.3. The van der Waals surface area contributed by atoms with Gasteiger partial charge in [0.15, 0.2) is 0 Å². The normalized spacial score (nSPS) is 14.6. The Bertz CT molecular complexity index is 830.